The fraction of sp³-hybridized carbons (Fsp3) is 0.533. The van der Waals surface area contributed by atoms with Crippen LogP contribution in [0.25, 0.3) is 21.6 Å². The SMILES string of the molecule is COc1ccc2c(O[C@@H]3CC4C(=O)NC5C[C@H]5/C=C\CCCCC[C@H](NC(=O)c5ccn(C(C)C)n5)C(=O)N4C3)cc(-c3nc(C(C)C)cs3)nc2c1C.O=CNSC1CC1. The van der Waals surface area contributed by atoms with Crippen molar-refractivity contribution in [1.82, 2.24) is 40.0 Å². The van der Waals surface area contributed by atoms with Gasteiger partial charge in [-0.1, -0.05) is 38.8 Å². The first kappa shape index (κ1) is 44.1. The number of ether oxygens (including phenoxy) is 2. The summed E-state index contributed by atoms with van der Waals surface area (Å²) in [5, 5.41) is 15.0. The third-order valence-corrected chi connectivity index (χ3v) is 13.5. The number of carbonyl (C=O) groups excluding carboxylic acids is 4. The summed E-state index contributed by atoms with van der Waals surface area (Å²) in [6.45, 7) is 10.4. The van der Waals surface area contributed by atoms with E-state index in [0.29, 0.717) is 36.0 Å². The number of nitrogens with zero attached hydrogens (tertiary/aromatic N) is 5. The molecule has 4 aliphatic rings. The van der Waals surface area contributed by atoms with Gasteiger partial charge in [-0.15, -0.1) is 11.3 Å². The van der Waals surface area contributed by atoms with Gasteiger partial charge in [-0.2, -0.15) is 5.10 Å². The first-order valence-electron chi connectivity index (χ1n) is 21.5. The summed E-state index contributed by atoms with van der Waals surface area (Å²) < 4.78 is 16.7. The lowest BCUT2D eigenvalue weighted by Crippen LogP contribution is -2.54. The van der Waals surface area contributed by atoms with E-state index in [1.54, 1.807) is 29.0 Å². The molecule has 61 heavy (non-hydrogen) atoms. The smallest absolute Gasteiger partial charge is 0.272 e. The van der Waals surface area contributed by atoms with Gasteiger partial charge in [0.2, 0.25) is 18.2 Å². The first-order valence-corrected chi connectivity index (χ1v) is 23.3. The summed E-state index contributed by atoms with van der Waals surface area (Å²) >= 11 is 3.06. The van der Waals surface area contributed by atoms with E-state index in [2.05, 4.69) is 51.8 Å². The molecule has 5 heterocycles. The summed E-state index contributed by atoms with van der Waals surface area (Å²) in [6.07, 6.45) is 14.2. The maximum absolute atomic E-state index is 14.6. The van der Waals surface area contributed by atoms with E-state index in [0.717, 1.165) is 70.9 Å². The molecule has 0 radical (unpaired) electrons. The second-order valence-electron chi connectivity index (χ2n) is 16.9. The van der Waals surface area contributed by atoms with Crippen molar-refractivity contribution in [3.8, 4) is 22.2 Å². The number of pyridine rings is 1. The quantitative estimate of drug-likeness (QED) is 0.0791. The van der Waals surface area contributed by atoms with Crippen molar-refractivity contribution in [2.45, 2.75) is 134 Å². The number of hydrogen-bond donors (Lipinski definition) is 3. The van der Waals surface area contributed by atoms with E-state index in [1.165, 1.54) is 36.1 Å². The highest BCUT2D eigenvalue weighted by Crippen LogP contribution is 2.39. The van der Waals surface area contributed by atoms with Crippen molar-refractivity contribution in [3.05, 3.63) is 64.9 Å². The molecule has 2 aliphatic carbocycles. The van der Waals surface area contributed by atoms with Gasteiger partial charge in [0.15, 0.2) is 0 Å². The molecule has 2 aliphatic heterocycles. The molecule has 1 saturated heterocycles. The summed E-state index contributed by atoms with van der Waals surface area (Å²) in [5.41, 5.74) is 3.54. The van der Waals surface area contributed by atoms with Gasteiger partial charge < -0.3 is 29.7 Å². The highest BCUT2D eigenvalue weighted by Gasteiger charge is 2.46. The maximum atomic E-state index is 14.6. The topological polar surface area (TPSA) is 170 Å². The fourth-order valence-electron chi connectivity index (χ4n) is 7.71. The predicted molar refractivity (Wildman–Crippen MR) is 239 cm³/mol. The van der Waals surface area contributed by atoms with Crippen LogP contribution in [-0.2, 0) is 14.4 Å². The minimum Gasteiger partial charge on any atom is -0.496 e. The van der Waals surface area contributed by atoms with E-state index >= 15 is 0 Å². The molecule has 5 atom stereocenters. The Morgan fingerprint density at radius 3 is 2.57 bits per heavy atom. The van der Waals surface area contributed by atoms with Gasteiger partial charge in [-0.3, -0.25) is 23.9 Å². The van der Waals surface area contributed by atoms with E-state index in [1.807, 2.05) is 39.0 Å². The molecule has 8 rings (SSSR count). The lowest BCUT2D eigenvalue weighted by Gasteiger charge is -2.28. The molecule has 0 bridgehead atoms. The van der Waals surface area contributed by atoms with Gasteiger partial charge in [0, 0.05) is 52.3 Å². The molecule has 2 unspecified atom stereocenters. The molecule has 3 aromatic heterocycles. The van der Waals surface area contributed by atoms with E-state index in [4.69, 9.17) is 19.4 Å². The van der Waals surface area contributed by atoms with Crippen molar-refractivity contribution in [2.24, 2.45) is 5.92 Å². The number of hydrogen-bond acceptors (Lipinski definition) is 11. The lowest BCUT2D eigenvalue weighted by atomic mass is 10.0. The van der Waals surface area contributed by atoms with Crippen LogP contribution in [0.5, 0.6) is 11.5 Å². The second kappa shape index (κ2) is 19.8. The number of aromatic nitrogens is 4. The van der Waals surface area contributed by atoms with E-state index in [-0.39, 0.29) is 42.1 Å². The van der Waals surface area contributed by atoms with Crippen LogP contribution in [-0.4, -0.2) is 91.9 Å². The van der Waals surface area contributed by atoms with Crippen molar-refractivity contribution in [1.29, 1.82) is 0 Å². The zero-order valence-electron chi connectivity index (χ0n) is 35.9. The van der Waals surface area contributed by atoms with Crippen molar-refractivity contribution >= 4 is 58.3 Å². The Morgan fingerprint density at radius 2 is 1.87 bits per heavy atom. The number of allylic oxidation sites excluding steroid dienone is 1. The molecule has 4 amide bonds. The molecule has 2 saturated carbocycles. The average Bonchev–Trinajstić information content (AvgIpc) is 3.97. The molecular weight excluding hydrogens is 813 g/mol. The minimum atomic E-state index is -0.825. The Morgan fingerprint density at radius 1 is 1.05 bits per heavy atom. The number of fused-ring (bicyclic) bond motifs is 3. The van der Waals surface area contributed by atoms with Crippen molar-refractivity contribution < 1.29 is 28.7 Å². The minimum absolute atomic E-state index is 0.0426. The van der Waals surface area contributed by atoms with Gasteiger partial charge >= 0.3 is 0 Å². The summed E-state index contributed by atoms with van der Waals surface area (Å²) in [6, 6.07) is 5.96. The van der Waals surface area contributed by atoms with Gasteiger partial charge in [0.1, 0.15) is 46.1 Å². The highest BCUT2D eigenvalue weighted by atomic mass is 32.2. The molecule has 4 aromatic rings. The molecule has 14 nitrogen and oxygen atoms in total. The average molecular weight is 871 g/mol. The van der Waals surface area contributed by atoms with Gasteiger partial charge in [-0.25, -0.2) is 9.97 Å². The Kier molecular flexibility index (Phi) is 14.3. The van der Waals surface area contributed by atoms with Crippen molar-refractivity contribution in [2.75, 3.05) is 13.7 Å². The first-order chi connectivity index (χ1) is 29.4. The molecule has 3 N–H and O–H groups in total. The second-order valence-corrected chi connectivity index (χ2v) is 18.9. The lowest BCUT2D eigenvalue weighted by molar-refractivity contribution is -0.140. The normalized spacial score (nSPS) is 23.5. The monoisotopic (exact) mass is 870 g/mol. The number of nitrogens with one attached hydrogen (secondary N) is 3. The zero-order chi connectivity index (χ0) is 43.2. The standard InChI is InChI=1S/C41H51N7O5S.C4H7NOS/c1-23(2)33-22-54-40(45-33)32-20-36(28-14-15-35(52-6)25(5)37(28)42-32)53-27-19-34-39(50)44-31-18-26(31)12-10-8-7-9-11-13-30(41(51)47(34)21-27)43-38(49)29-16-17-48(46-29)24(3)4;6-3-5-7-4-1-2-4/h10,12,14-17,20,22-24,26-27,30-31,34H,7-9,11,13,18-19,21H2,1-6H3,(H,43,49)(H,44,50);3-4H,1-2H2,(H,5,6)/b12-10-;/t26-,27-,30+,31?,34?;/m1./s1. The molecule has 3 fully saturated rings. The van der Waals surface area contributed by atoms with Gasteiger partial charge in [-0.05, 0) is 101 Å². The molecule has 16 heteroatoms. The number of aryl methyl sites for hydroxylation is 1. The van der Waals surface area contributed by atoms with Crippen LogP contribution >= 0.6 is 23.3 Å². The molecule has 326 valence electrons. The number of thiazole rings is 1. The highest BCUT2D eigenvalue weighted by molar-refractivity contribution is 7.98. The summed E-state index contributed by atoms with van der Waals surface area (Å²) in [4.78, 5) is 63.3. The van der Waals surface area contributed by atoms with Crippen LogP contribution < -0.4 is 24.8 Å². The van der Waals surface area contributed by atoms with E-state index < -0.39 is 24.1 Å². The Hall–Kier alpha value is -4.96. The third kappa shape index (κ3) is 10.9. The fourth-order valence-corrected chi connectivity index (χ4v) is 9.27. The van der Waals surface area contributed by atoms with Crippen LogP contribution in [0.1, 0.15) is 119 Å². The van der Waals surface area contributed by atoms with Crippen LogP contribution in [0.3, 0.4) is 0 Å². The Labute approximate surface area is 366 Å². The zero-order valence-corrected chi connectivity index (χ0v) is 37.5. The largest absolute Gasteiger partial charge is 0.496 e. The summed E-state index contributed by atoms with van der Waals surface area (Å²) in [7, 11) is 1.64. The maximum Gasteiger partial charge on any atom is 0.272 e. The van der Waals surface area contributed by atoms with Gasteiger partial charge in [0.05, 0.1) is 24.9 Å². The summed E-state index contributed by atoms with van der Waals surface area (Å²) in [5.74, 6) is 0.991. The van der Waals surface area contributed by atoms with E-state index in [9.17, 15) is 19.2 Å². The molecular formula is C45H58N8O6S2. The predicted octanol–water partition coefficient (Wildman–Crippen LogP) is 7.29. The molecule has 0 spiro atoms. The number of methoxy groups -OCH3 is 1. The Bertz CT molecular complexity index is 2230. The van der Waals surface area contributed by atoms with Gasteiger partial charge in [0.25, 0.3) is 5.91 Å². The number of carbonyl (C=O) groups is 4. The van der Waals surface area contributed by atoms with Crippen LogP contribution in [0.2, 0.25) is 0 Å². The molecule has 1 aromatic carbocycles. The Balaban J connectivity index is 0.000000729. The van der Waals surface area contributed by atoms with Crippen LogP contribution in [0, 0.1) is 12.8 Å². The van der Waals surface area contributed by atoms with Crippen molar-refractivity contribution in [3.63, 3.8) is 0 Å². The third-order valence-electron chi connectivity index (χ3n) is 11.5. The number of amides is 4. The van der Waals surface area contributed by atoms with Crippen LogP contribution in [0.4, 0.5) is 0 Å². The number of rotatable bonds is 11. The number of benzene rings is 1. The van der Waals surface area contributed by atoms with Crippen LogP contribution in [0.15, 0.2) is 48.0 Å².